The number of nitrogens with zero attached hydrogens (tertiary/aromatic N) is 4. The highest BCUT2D eigenvalue weighted by Gasteiger charge is 2.24. The largest absolute Gasteiger partial charge is 0.481 e. The molecule has 13 nitrogen and oxygen atoms in total. The standard InChI is InChI=1S/2C8H14N2O2.C6H14O3.C3H4O2/c2*1-7-9-4-2-5-10(7)6-3-8(11)12;1-2-6(3-7,4-8)5-9;1-2-3(4)5/h2*2-6H2,1H3,(H,11,12);7-9H,2-5H2,1H3;2H,1H2,(H,4,5). The number of hydrogen-bond acceptors (Lipinski definition) is 10. The molecule has 0 aliphatic carbocycles. The number of aliphatic carboxylic acids is 3. The Hall–Kier alpha value is -3.03. The second-order valence-electron chi connectivity index (χ2n) is 8.70. The van der Waals surface area contributed by atoms with Gasteiger partial charge in [0.15, 0.2) is 0 Å². The Kier molecular flexibility index (Phi) is 21.5. The minimum absolute atomic E-state index is 0.156. The number of aliphatic imine (C=N–C) groups is 2. The molecule has 0 aromatic rings. The number of rotatable bonds is 11. The van der Waals surface area contributed by atoms with E-state index in [9.17, 15) is 14.4 Å². The van der Waals surface area contributed by atoms with Gasteiger partial charge in [-0.15, -0.1) is 0 Å². The zero-order valence-corrected chi connectivity index (χ0v) is 22.9. The highest BCUT2D eigenvalue weighted by atomic mass is 16.4. The summed E-state index contributed by atoms with van der Waals surface area (Å²) in [6, 6.07) is 0. The molecule has 38 heavy (non-hydrogen) atoms. The summed E-state index contributed by atoms with van der Waals surface area (Å²) in [5.41, 5.74) is -0.667. The molecular weight excluding hydrogens is 500 g/mol. The average Bonchev–Trinajstić information content (AvgIpc) is 2.90. The maximum absolute atomic E-state index is 10.3. The maximum atomic E-state index is 10.3. The number of carbonyl (C=O) groups is 3. The molecule has 0 unspecified atom stereocenters. The summed E-state index contributed by atoms with van der Waals surface area (Å²) in [5, 5.41) is 50.5. The molecule has 0 bridgehead atoms. The summed E-state index contributed by atoms with van der Waals surface area (Å²) < 4.78 is 0. The van der Waals surface area contributed by atoms with Gasteiger partial charge in [-0.05, 0) is 33.1 Å². The van der Waals surface area contributed by atoms with Crippen LogP contribution < -0.4 is 0 Å². The van der Waals surface area contributed by atoms with Gasteiger partial charge < -0.3 is 40.4 Å². The molecule has 0 saturated carbocycles. The zero-order valence-electron chi connectivity index (χ0n) is 22.9. The van der Waals surface area contributed by atoms with Crippen LogP contribution in [0.1, 0.15) is 52.9 Å². The van der Waals surface area contributed by atoms with Crippen molar-refractivity contribution in [1.82, 2.24) is 9.80 Å². The smallest absolute Gasteiger partial charge is 0.327 e. The van der Waals surface area contributed by atoms with Crippen LogP contribution in [0.25, 0.3) is 0 Å². The van der Waals surface area contributed by atoms with Crippen LogP contribution in [0.5, 0.6) is 0 Å². The molecule has 220 valence electrons. The Bertz CT molecular complexity index is 706. The lowest BCUT2D eigenvalue weighted by molar-refractivity contribution is -0.138. The molecule has 0 spiro atoms. The fourth-order valence-electron chi connectivity index (χ4n) is 3.02. The zero-order chi connectivity index (χ0) is 29.6. The fourth-order valence-corrected chi connectivity index (χ4v) is 3.02. The first-order chi connectivity index (χ1) is 17.9. The lowest BCUT2D eigenvalue weighted by atomic mass is 9.88. The molecule has 13 heteroatoms. The first kappa shape index (κ1) is 37.1. The topological polar surface area (TPSA) is 204 Å². The van der Waals surface area contributed by atoms with Crippen molar-refractivity contribution in [3.05, 3.63) is 12.7 Å². The highest BCUT2D eigenvalue weighted by molar-refractivity contribution is 5.81. The molecule has 0 aromatic carbocycles. The summed E-state index contributed by atoms with van der Waals surface area (Å²) in [4.78, 5) is 42.3. The number of aliphatic hydroxyl groups excluding tert-OH is 3. The summed E-state index contributed by atoms with van der Waals surface area (Å²) in [6.45, 7) is 13.0. The lowest BCUT2D eigenvalue weighted by Gasteiger charge is -2.26. The Morgan fingerprint density at radius 1 is 0.842 bits per heavy atom. The maximum Gasteiger partial charge on any atom is 0.327 e. The number of hydrogen-bond donors (Lipinski definition) is 6. The SMILES string of the molecule is C=CC(=O)O.CC1=NCCCN1CCC(=O)O.CC1=NCCCN1CCC(=O)O.CCC(CO)(CO)CO. The van der Waals surface area contributed by atoms with E-state index >= 15 is 0 Å². The number of carboxylic acids is 3. The summed E-state index contributed by atoms with van der Waals surface area (Å²) in [5.74, 6) is -0.517. The Morgan fingerprint density at radius 2 is 1.18 bits per heavy atom. The van der Waals surface area contributed by atoms with Crippen LogP contribution in [-0.4, -0.2) is 129 Å². The number of aliphatic hydroxyl groups is 3. The van der Waals surface area contributed by atoms with Crippen LogP contribution in [0, 0.1) is 5.41 Å². The highest BCUT2D eigenvalue weighted by Crippen LogP contribution is 2.18. The quantitative estimate of drug-likeness (QED) is 0.200. The predicted octanol–water partition coefficient (Wildman–Crippen LogP) is 0.787. The van der Waals surface area contributed by atoms with Crippen LogP contribution in [-0.2, 0) is 14.4 Å². The molecule has 2 aliphatic heterocycles. The first-order valence-electron chi connectivity index (χ1n) is 12.5. The first-order valence-corrected chi connectivity index (χ1v) is 12.5. The van der Waals surface area contributed by atoms with Crippen LogP contribution in [0.15, 0.2) is 22.6 Å². The summed E-state index contributed by atoms with van der Waals surface area (Å²) in [6.07, 6.45) is 3.91. The van der Waals surface area contributed by atoms with Crippen LogP contribution >= 0.6 is 0 Å². The molecule has 6 N–H and O–H groups in total. The summed E-state index contributed by atoms with van der Waals surface area (Å²) >= 11 is 0. The van der Waals surface area contributed by atoms with E-state index in [4.69, 9.17) is 30.6 Å². The van der Waals surface area contributed by atoms with Crippen molar-refractivity contribution in [2.75, 3.05) is 59.1 Å². The van der Waals surface area contributed by atoms with Crippen LogP contribution in [0.2, 0.25) is 0 Å². The Morgan fingerprint density at radius 3 is 1.37 bits per heavy atom. The molecule has 0 atom stereocenters. The van der Waals surface area contributed by atoms with Gasteiger partial charge in [-0.1, -0.05) is 13.5 Å². The van der Waals surface area contributed by atoms with E-state index in [1.54, 1.807) is 0 Å². The van der Waals surface area contributed by atoms with Crippen LogP contribution in [0.3, 0.4) is 0 Å². The van der Waals surface area contributed by atoms with E-state index in [-0.39, 0.29) is 32.7 Å². The van der Waals surface area contributed by atoms with Gasteiger partial charge in [0.2, 0.25) is 0 Å². The van der Waals surface area contributed by atoms with Crippen molar-refractivity contribution in [2.45, 2.75) is 52.9 Å². The number of carboxylic acid groups (broad SMARTS) is 3. The summed E-state index contributed by atoms with van der Waals surface area (Å²) in [7, 11) is 0. The minimum Gasteiger partial charge on any atom is -0.481 e. The Labute approximate surface area is 224 Å². The second-order valence-corrected chi connectivity index (χ2v) is 8.70. The van der Waals surface area contributed by atoms with Crippen molar-refractivity contribution in [3.63, 3.8) is 0 Å². The molecular formula is C25H46N4O9. The molecule has 2 rings (SSSR count). The van der Waals surface area contributed by atoms with E-state index in [0.29, 0.717) is 19.5 Å². The van der Waals surface area contributed by atoms with E-state index in [1.807, 2.05) is 30.6 Å². The second kappa shape index (κ2) is 22.0. The molecule has 0 fully saturated rings. The van der Waals surface area contributed by atoms with Crippen molar-refractivity contribution in [1.29, 1.82) is 0 Å². The van der Waals surface area contributed by atoms with Gasteiger partial charge in [-0.25, -0.2) is 4.79 Å². The molecule has 2 aliphatic rings. The van der Waals surface area contributed by atoms with Crippen molar-refractivity contribution in [2.24, 2.45) is 15.4 Å². The normalized spacial score (nSPS) is 14.7. The van der Waals surface area contributed by atoms with E-state index in [1.165, 1.54) is 0 Å². The van der Waals surface area contributed by atoms with Gasteiger partial charge >= 0.3 is 17.9 Å². The van der Waals surface area contributed by atoms with E-state index in [2.05, 4.69) is 16.6 Å². The van der Waals surface area contributed by atoms with Crippen molar-refractivity contribution in [3.8, 4) is 0 Å². The van der Waals surface area contributed by atoms with Crippen molar-refractivity contribution >= 4 is 29.6 Å². The van der Waals surface area contributed by atoms with Gasteiger partial charge in [0.1, 0.15) is 0 Å². The minimum atomic E-state index is -0.981. The van der Waals surface area contributed by atoms with Crippen LogP contribution in [0.4, 0.5) is 0 Å². The fraction of sp³-hybridized carbons (Fsp3) is 0.720. The predicted molar refractivity (Wildman–Crippen MR) is 145 cm³/mol. The van der Waals surface area contributed by atoms with Gasteiger partial charge in [-0.2, -0.15) is 0 Å². The van der Waals surface area contributed by atoms with Gasteiger partial charge in [0, 0.05) is 50.8 Å². The molecule has 0 aromatic heterocycles. The van der Waals surface area contributed by atoms with Gasteiger partial charge in [-0.3, -0.25) is 19.6 Å². The molecule has 2 heterocycles. The third kappa shape index (κ3) is 18.3. The monoisotopic (exact) mass is 546 g/mol. The third-order valence-electron chi connectivity index (χ3n) is 5.89. The molecule has 0 radical (unpaired) electrons. The molecule has 0 amide bonds. The lowest BCUT2D eigenvalue weighted by Crippen LogP contribution is -2.35. The third-order valence-corrected chi connectivity index (χ3v) is 5.89. The van der Waals surface area contributed by atoms with E-state index in [0.717, 1.165) is 56.8 Å². The van der Waals surface area contributed by atoms with Gasteiger partial charge in [0.25, 0.3) is 0 Å². The number of amidine groups is 2. The van der Waals surface area contributed by atoms with E-state index < -0.39 is 23.3 Å². The molecule has 0 saturated heterocycles. The Balaban J connectivity index is 0. The van der Waals surface area contributed by atoms with Crippen molar-refractivity contribution < 1.29 is 45.0 Å². The van der Waals surface area contributed by atoms with Gasteiger partial charge in [0.05, 0.1) is 44.3 Å². The average molecular weight is 547 g/mol.